The maximum atomic E-state index is 12.4. The van der Waals surface area contributed by atoms with Gasteiger partial charge in [-0.3, -0.25) is 0 Å². The summed E-state index contributed by atoms with van der Waals surface area (Å²) in [6.07, 6.45) is 9.05. The van der Waals surface area contributed by atoms with E-state index < -0.39 is 29.5 Å². The second-order valence-electron chi connectivity index (χ2n) is 14.6. The van der Waals surface area contributed by atoms with Gasteiger partial charge in [0.15, 0.2) is 0 Å². The molecule has 4 saturated carbocycles. The van der Waals surface area contributed by atoms with E-state index in [1.165, 1.54) is 0 Å². The van der Waals surface area contributed by atoms with Crippen molar-refractivity contribution in [1.82, 2.24) is 15.1 Å². The number of piperidine rings is 1. The van der Waals surface area contributed by atoms with Crippen LogP contribution in [-0.4, -0.2) is 68.6 Å². The van der Waals surface area contributed by atoms with Gasteiger partial charge in [-0.15, -0.1) is 0 Å². The molecule has 41 heavy (non-hydrogen) atoms. The van der Waals surface area contributed by atoms with E-state index in [2.05, 4.69) is 37.7 Å². The van der Waals surface area contributed by atoms with Crippen LogP contribution in [0.3, 0.4) is 0 Å². The van der Waals surface area contributed by atoms with E-state index in [1.807, 2.05) is 0 Å². The van der Waals surface area contributed by atoms with Crippen LogP contribution in [0.1, 0.15) is 98.3 Å². The van der Waals surface area contributed by atoms with Gasteiger partial charge >= 0.3 is 6.03 Å². The third-order valence-electron chi connectivity index (χ3n) is 12.8. The number of amides is 2. The highest BCUT2D eigenvalue weighted by molar-refractivity contribution is 7.78. The summed E-state index contributed by atoms with van der Waals surface area (Å²) in [6.45, 7) is 11.0. The van der Waals surface area contributed by atoms with Crippen molar-refractivity contribution in [3.8, 4) is 0 Å². The molecule has 5 aliphatic rings. The third kappa shape index (κ3) is 5.87. The van der Waals surface area contributed by atoms with Crippen LogP contribution in [0.15, 0.2) is 0 Å². The first kappa shape index (κ1) is 31.6. The SMILES string of the molecule is CC[C@H]1[C@@H](O)[C@@H]2[C@H](C[C@H](O)[C@]3(C)[C@@H]([C@H](C)CCNC(=O)NS(=O)ON4CCCCC4)CC[C@@H]23)[C@@]2(C)CC[C@@H](O)C[C@@H]12. The number of rotatable bonds is 8. The summed E-state index contributed by atoms with van der Waals surface area (Å²) in [6, 6.07) is -0.500. The fourth-order valence-electron chi connectivity index (χ4n) is 10.7. The van der Waals surface area contributed by atoms with Crippen LogP contribution in [0, 0.1) is 52.3 Å². The molecule has 0 radical (unpaired) electrons. The molecule has 1 aliphatic heterocycles. The minimum absolute atomic E-state index is 0.0465. The monoisotopic (exact) mass is 597 g/mol. The number of hydroxylamine groups is 2. The average molecular weight is 598 g/mol. The summed E-state index contributed by atoms with van der Waals surface area (Å²) in [7, 11) is 0. The van der Waals surface area contributed by atoms with Gasteiger partial charge in [-0.2, -0.15) is 9.35 Å². The fraction of sp³-hybridized carbons (Fsp3) is 0.968. The van der Waals surface area contributed by atoms with Gasteiger partial charge in [0.05, 0.1) is 18.3 Å². The highest BCUT2D eigenvalue weighted by atomic mass is 32.2. The molecule has 0 spiro atoms. The molecule has 10 heteroatoms. The molecule has 5 rings (SSSR count). The number of nitrogens with one attached hydrogen (secondary N) is 2. The molecular formula is C31H55N3O6S. The molecule has 1 heterocycles. The quantitative estimate of drug-likeness (QED) is 0.287. The fourth-order valence-corrected chi connectivity index (χ4v) is 11.3. The lowest BCUT2D eigenvalue weighted by Gasteiger charge is -2.65. The molecule has 236 valence electrons. The second kappa shape index (κ2) is 12.7. The Kier molecular flexibility index (Phi) is 9.78. The van der Waals surface area contributed by atoms with Gasteiger partial charge < -0.3 is 20.6 Å². The van der Waals surface area contributed by atoms with Crippen LogP contribution in [0.4, 0.5) is 4.79 Å². The van der Waals surface area contributed by atoms with Gasteiger partial charge in [-0.1, -0.05) is 40.5 Å². The minimum Gasteiger partial charge on any atom is -0.393 e. The lowest BCUT2D eigenvalue weighted by Crippen LogP contribution is -2.65. The lowest BCUT2D eigenvalue weighted by atomic mass is 9.41. The number of aliphatic hydroxyl groups is 3. The standard InChI is InChI=1S/C31H55N3O6S/c1-5-21-24-17-20(35)11-13-30(24,3)25-18-26(36)31(4)22(9-10-23(31)27(25)28(21)37)19(2)12-14-32-29(38)33-41(39)40-34-15-7-6-8-16-34/h19-28,35-37H,5-18H2,1-4H3,(H2,32,33,38)/t19-,20-,21-,22-,23+,24+,25+,26+,27+,28-,30+,31-,41?/m1/s1. The molecule has 5 fully saturated rings. The summed E-state index contributed by atoms with van der Waals surface area (Å²) < 4.78 is 19.9. The minimum atomic E-state index is -1.91. The van der Waals surface area contributed by atoms with Crippen LogP contribution < -0.4 is 10.0 Å². The van der Waals surface area contributed by atoms with E-state index in [0.29, 0.717) is 18.4 Å². The first-order valence-electron chi connectivity index (χ1n) is 16.4. The van der Waals surface area contributed by atoms with Crippen LogP contribution in [0.2, 0.25) is 0 Å². The lowest BCUT2D eigenvalue weighted by molar-refractivity contribution is -0.228. The van der Waals surface area contributed by atoms with Crippen molar-refractivity contribution in [2.75, 3.05) is 19.6 Å². The number of hydrogen-bond donors (Lipinski definition) is 5. The molecule has 4 aliphatic carbocycles. The molecule has 5 N–H and O–H groups in total. The van der Waals surface area contributed by atoms with E-state index in [4.69, 9.17) is 4.28 Å². The summed E-state index contributed by atoms with van der Waals surface area (Å²) in [4.78, 5) is 12.4. The predicted molar refractivity (Wildman–Crippen MR) is 158 cm³/mol. The number of nitrogens with zero attached hydrogens (tertiary/aromatic N) is 1. The van der Waals surface area contributed by atoms with Crippen LogP contribution >= 0.6 is 0 Å². The Hall–Kier alpha value is -0.780. The number of urea groups is 1. The molecule has 13 atom stereocenters. The smallest absolute Gasteiger partial charge is 0.328 e. The van der Waals surface area contributed by atoms with Gasteiger partial charge in [0, 0.05) is 19.6 Å². The Morgan fingerprint density at radius 3 is 2.49 bits per heavy atom. The van der Waals surface area contributed by atoms with Crippen molar-refractivity contribution in [1.29, 1.82) is 0 Å². The molecule has 0 aromatic carbocycles. The van der Waals surface area contributed by atoms with Crippen molar-refractivity contribution < 1.29 is 28.6 Å². The maximum absolute atomic E-state index is 12.4. The van der Waals surface area contributed by atoms with Crippen LogP contribution in [0.25, 0.3) is 0 Å². The van der Waals surface area contributed by atoms with Gasteiger partial charge in [0.2, 0.25) is 0 Å². The predicted octanol–water partition coefficient (Wildman–Crippen LogP) is 3.91. The maximum Gasteiger partial charge on any atom is 0.328 e. The molecular weight excluding hydrogens is 542 g/mol. The van der Waals surface area contributed by atoms with Crippen LogP contribution in [0.5, 0.6) is 0 Å². The van der Waals surface area contributed by atoms with Gasteiger partial charge in [-0.25, -0.2) is 13.7 Å². The normalized spacial score (nSPS) is 46.1. The summed E-state index contributed by atoms with van der Waals surface area (Å²) in [5, 5.41) is 38.8. The Bertz CT molecular complexity index is 951. The summed E-state index contributed by atoms with van der Waals surface area (Å²) in [5.41, 5.74) is -0.228. The molecule has 0 aromatic rings. The van der Waals surface area contributed by atoms with E-state index in [1.54, 1.807) is 5.06 Å². The van der Waals surface area contributed by atoms with Crippen molar-refractivity contribution in [3.05, 3.63) is 0 Å². The molecule has 0 bridgehead atoms. The van der Waals surface area contributed by atoms with Crippen molar-refractivity contribution in [2.45, 2.75) is 117 Å². The molecule has 0 aromatic heterocycles. The Morgan fingerprint density at radius 2 is 1.78 bits per heavy atom. The Labute approximate surface area is 249 Å². The zero-order valence-corrected chi connectivity index (χ0v) is 26.4. The van der Waals surface area contributed by atoms with E-state index in [-0.39, 0.29) is 46.5 Å². The van der Waals surface area contributed by atoms with Crippen LogP contribution in [-0.2, 0) is 15.6 Å². The highest BCUT2D eigenvalue weighted by Crippen LogP contribution is 2.69. The number of carbonyl (C=O) groups is 1. The first-order chi connectivity index (χ1) is 19.5. The van der Waals surface area contributed by atoms with E-state index >= 15 is 0 Å². The van der Waals surface area contributed by atoms with Crippen molar-refractivity contribution >= 4 is 17.3 Å². The summed E-state index contributed by atoms with van der Waals surface area (Å²) in [5.74, 6) is 1.80. The van der Waals surface area contributed by atoms with Gasteiger partial charge in [-0.05, 0) is 110 Å². The topological polar surface area (TPSA) is 131 Å². The number of hydrogen-bond acceptors (Lipinski definition) is 7. The largest absolute Gasteiger partial charge is 0.393 e. The number of aliphatic hydroxyl groups excluding tert-OH is 3. The Morgan fingerprint density at radius 1 is 1.05 bits per heavy atom. The highest BCUT2D eigenvalue weighted by Gasteiger charge is 2.67. The second-order valence-corrected chi connectivity index (χ2v) is 15.4. The first-order valence-corrected chi connectivity index (χ1v) is 17.5. The Balaban J connectivity index is 1.20. The molecule has 9 nitrogen and oxygen atoms in total. The third-order valence-corrected chi connectivity index (χ3v) is 13.5. The van der Waals surface area contributed by atoms with E-state index in [9.17, 15) is 24.3 Å². The number of fused-ring (bicyclic) bond motifs is 5. The molecule has 1 unspecified atom stereocenters. The average Bonchev–Trinajstić information content (AvgIpc) is 3.29. The van der Waals surface area contributed by atoms with E-state index in [0.717, 1.165) is 83.7 Å². The molecule has 1 saturated heterocycles. The number of carbonyl (C=O) groups excluding carboxylic acids is 1. The summed E-state index contributed by atoms with van der Waals surface area (Å²) >= 11 is -1.91. The van der Waals surface area contributed by atoms with Gasteiger partial charge in [0.1, 0.15) is 0 Å². The van der Waals surface area contributed by atoms with Crippen molar-refractivity contribution in [2.24, 2.45) is 52.3 Å². The zero-order valence-electron chi connectivity index (χ0n) is 25.6. The molecule has 2 amide bonds. The zero-order chi connectivity index (χ0) is 29.5. The van der Waals surface area contributed by atoms with Crippen molar-refractivity contribution in [3.63, 3.8) is 0 Å². The van der Waals surface area contributed by atoms with Gasteiger partial charge in [0.25, 0.3) is 11.3 Å².